The van der Waals surface area contributed by atoms with Crippen molar-refractivity contribution in [2.75, 3.05) is 12.3 Å². The van der Waals surface area contributed by atoms with Crippen LogP contribution in [0.3, 0.4) is 0 Å². The lowest BCUT2D eigenvalue weighted by atomic mass is 9.97. The van der Waals surface area contributed by atoms with Crippen LogP contribution >= 0.6 is 46.3 Å². The minimum absolute atomic E-state index is 0.181. The van der Waals surface area contributed by atoms with Gasteiger partial charge in [-0.1, -0.05) is 40.2 Å². The Labute approximate surface area is 193 Å². The summed E-state index contributed by atoms with van der Waals surface area (Å²) in [5.41, 5.74) is 5.61. The summed E-state index contributed by atoms with van der Waals surface area (Å²) < 4.78 is 20.7. The number of rotatable bonds is 5. The maximum absolute atomic E-state index is 13.7. The molecule has 1 aliphatic rings. The van der Waals surface area contributed by atoms with Gasteiger partial charge in [-0.25, -0.2) is 14.1 Å². The summed E-state index contributed by atoms with van der Waals surface area (Å²) >= 11 is 14.0. The van der Waals surface area contributed by atoms with E-state index in [1.54, 1.807) is 5.38 Å². The van der Waals surface area contributed by atoms with Crippen molar-refractivity contribution in [3.8, 4) is 11.4 Å². The van der Waals surface area contributed by atoms with E-state index >= 15 is 0 Å². The normalized spacial score (nSPS) is 26.3. The van der Waals surface area contributed by atoms with Crippen LogP contribution in [-0.2, 0) is 4.74 Å². The zero-order valence-corrected chi connectivity index (χ0v) is 18.6. The minimum atomic E-state index is -1.28. The Hall–Kier alpha value is -1.51. The highest BCUT2D eigenvalue weighted by Crippen LogP contribution is 2.40. The Morgan fingerprint density at radius 3 is 2.55 bits per heavy atom. The first-order chi connectivity index (χ1) is 14.8. The molecule has 0 saturated carbocycles. The fourth-order valence-electron chi connectivity index (χ4n) is 3.16. The van der Waals surface area contributed by atoms with Gasteiger partial charge < -0.3 is 25.8 Å². The summed E-state index contributed by atoms with van der Waals surface area (Å²) in [7, 11) is 0. The molecule has 14 heteroatoms. The van der Waals surface area contributed by atoms with Crippen molar-refractivity contribution in [2.24, 2.45) is 0 Å². The second kappa shape index (κ2) is 9.16. The van der Waals surface area contributed by atoms with Crippen molar-refractivity contribution in [2.45, 2.75) is 34.7 Å². The molecule has 1 aliphatic heterocycles. The molecule has 1 aromatic carbocycles. The smallest absolute Gasteiger partial charge is 0.180 e. The quantitative estimate of drug-likeness (QED) is 0.382. The molecule has 9 nitrogen and oxygen atoms in total. The third kappa shape index (κ3) is 4.52. The van der Waals surface area contributed by atoms with Crippen molar-refractivity contribution >= 4 is 51.4 Å². The van der Waals surface area contributed by atoms with Crippen molar-refractivity contribution in [1.82, 2.24) is 20.0 Å². The Balaban J connectivity index is 1.62. The first-order valence-electron chi connectivity index (χ1n) is 8.85. The Kier molecular flexibility index (Phi) is 6.70. The molecule has 1 saturated heterocycles. The SMILES string of the molecule is Nc1nc(-c2cn(C3C(O)[C@@H](Sc4cc(Cl)c(F)c(Cl)c4)OC(CO)[C@@H]3O)nn2)cs1. The van der Waals surface area contributed by atoms with Crippen LogP contribution in [0, 0.1) is 5.82 Å². The molecule has 3 aromatic rings. The van der Waals surface area contributed by atoms with Crippen molar-refractivity contribution in [3.63, 3.8) is 0 Å². The number of thioether (sulfide) groups is 1. The number of hydrogen-bond donors (Lipinski definition) is 4. The summed E-state index contributed by atoms with van der Waals surface area (Å²) in [6.45, 7) is -0.503. The number of anilines is 1. The standard InChI is InChI=1S/C17H16Cl2FN5O4S2/c18-7-1-6(2-8(19)12(7)20)31-16-15(28)13(14(27)11(4-26)29-16)25-3-9(23-24-25)10-5-30-17(21)22-10/h1-3,5,11,13-16,26-28H,4H2,(H2,21,22)/t11?,13?,14-,15?,16+/m0/s1. The number of aliphatic hydroxyl groups excluding tert-OH is 3. The molecule has 1 fully saturated rings. The predicted molar refractivity (Wildman–Crippen MR) is 115 cm³/mol. The number of aromatic nitrogens is 4. The topological polar surface area (TPSA) is 140 Å². The van der Waals surface area contributed by atoms with Gasteiger partial charge in [0.1, 0.15) is 41.2 Å². The van der Waals surface area contributed by atoms with E-state index in [1.165, 1.54) is 34.3 Å². The predicted octanol–water partition coefficient (Wildman–Crippen LogP) is 2.20. The Bertz CT molecular complexity index is 1060. The summed E-state index contributed by atoms with van der Waals surface area (Å²) in [5.74, 6) is -0.753. The number of nitrogen functional groups attached to an aromatic ring is 1. The van der Waals surface area contributed by atoms with Crippen molar-refractivity contribution in [3.05, 3.63) is 39.6 Å². The lowest BCUT2D eigenvalue weighted by molar-refractivity contribution is -0.178. The molecule has 3 unspecified atom stereocenters. The van der Waals surface area contributed by atoms with Gasteiger partial charge in [-0.05, 0) is 12.1 Å². The minimum Gasteiger partial charge on any atom is -0.394 e. The molecule has 3 heterocycles. The van der Waals surface area contributed by atoms with Crippen molar-refractivity contribution < 1.29 is 24.4 Å². The highest BCUT2D eigenvalue weighted by molar-refractivity contribution is 7.99. The maximum Gasteiger partial charge on any atom is 0.180 e. The zero-order valence-electron chi connectivity index (χ0n) is 15.5. The molecule has 0 spiro atoms. The van der Waals surface area contributed by atoms with Gasteiger partial charge in [0.25, 0.3) is 0 Å². The van der Waals surface area contributed by atoms with Gasteiger partial charge in [-0.2, -0.15) is 0 Å². The second-order valence-electron chi connectivity index (χ2n) is 6.67. The molecule has 4 rings (SSSR count). The van der Waals surface area contributed by atoms with Gasteiger partial charge in [0.2, 0.25) is 0 Å². The van der Waals surface area contributed by atoms with Gasteiger partial charge in [0, 0.05) is 10.3 Å². The van der Waals surface area contributed by atoms with Crippen LogP contribution in [0.1, 0.15) is 6.04 Å². The maximum atomic E-state index is 13.7. The van der Waals surface area contributed by atoms with Gasteiger partial charge >= 0.3 is 0 Å². The van der Waals surface area contributed by atoms with Crippen LogP contribution in [0.5, 0.6) is 0 Å². The highest BCUT2D eigenvalue weighted by Gasteiger charge is 2.46. The zero-order chi connectivity index (χ0) is 22.3. The number of nitrogens with two attached hydrogens (primary N) is 1. The molecule has 0 amide bonds. The number of nitrogens with zero attached hydrogens (tertiary/aromatic N) is 4. The molecular formula is C17H16Cl2FN5O4S2. The summed E-state index contributed by atoms with van der Waals surface area (Å²) in [6, 6.07) is 1.70. The molecule has 31 heavy (non-hydrogen) atoms. The highest BCUT2D eigenvalue weighted by atomic mass is 35.5. The first kappa shape index (κ1) is 22.7. The molecule has 5 N–H and O–H groups in total. The molecule has 0 radical (unpaired) electrons. The van der Waals surface area contributed by atoms with Gasteiger partial charge in [0.15, 0.2) is 10.9 Å². The van der Waals surface area contributed by atoms with E-state index in [2.05, 4.69) is 15.3 Å². The Morgan fingerprint density at radius 1 is 1.23 bits per heavy atom. The van der Waals surface area contributed by atoms with Crippen LogP contribution < -0.4 is 5.73 Å². The van der Waals surface area contributed by atoms with Crippen LogP contribution in [0.4, 0.5) is 9.52 Å². The third-order valence-electron chi connectivity index (χ3n) is 4.66. The van der Waals surface area contributed by atoms with E-state index < -0.39 is 42.2 Å². The molecule has 5 atom stereocenters. The van der Waals surface area contributed by atoms with E-state index in [1.807, 2.05) is 0 Å². The van der Waals surface area contributed by atoms with Crippen LogP contribution in [0.25, 0.3) is 11.4 Å². The summed E-state index contributed by atoms with van der Waals surface area (Å²) in [5, 5.41) is 41.0. The van der Waals surface area contributed by atoms with Crippen LogP contribution in [-0.4, -0.2) is 65.7 Å². The fourth-order valence-corrected chi connectivity index (χ4v) is 5.47. The number of benzene rings is 1. The van der Waals surface area contributed by atoms with Gasteiger partial charge in [-0.15, -0.1) is 16.4 Å². The Morgan fingerprint density at radius 2 is 1.94 bits per heavy atom. The lowest BCUT2D eigenvalue weighted by Crippen LogP contribution is -2.55. The molecular weight excluding hydrogens is 492 g/mol. The van der Waals surface area contributed by atoms with E-state index in [-0.39, 0.29) is 10.0 Å². The number of ether oxygens (including phenoxy) is 1. The average Bonchev–Trinajstić information content (AvgIpc) is 3.37. The summed E-state index contributed by atoms with van der Waals surface area (Å²) in [4.78, 5) is 4.57. The van der Waals surface area contributed by atoms with Gasteiger partial charge in [-0.3, -0.25) is 0 Å². The fraction of sp³-hybridized carbons (Fsp3) is 0.353. The second-order valence-corrected chi connectivity index (χ2v) is 9.55. The van der Waals surface area contributed by atoms with E-state index in [0.717, 1.165) is 11.8 Å². The number of halogens is 3. The molecule has 0 aliphatic carbocycles. The van der Waals surface area contributed by atoms with E-state index in [0.29, 0.717) is 21.4 Å². The monoisotopic (exact) mass is 507 g/mol. The van der Waals surface area contributed by atoms with Gasteiger partial charge in [0.05, 0.1) is 22.8 Å². The first-order valence-corrected chi connectivity index (χ1v) is 11.4. The average molecular weight is 508 g/mol. The van der Waals surface area contributed by atoms with Crippen LogP contribution in [0.15, 0.2) is 28.6 Å². The number of hydrogen-bond acceptors (Lipinski definition) is 10. The molecule has 166 valence electrons. The molecule has 0 bridgehead atoms. The van der Waals surface area contributed by atoms with E-state index in [9.17, 15) is 19.7 Å². The lowest BCUT2D eigenvalue weighted by Gasteiger charge is -2.41. The third-order valence-corrected chi connectivity index (χ3v) is 7.01. The number of aliphatic hydroxyl groups is 3. The summed E-state index contributed by atoms with van der Waals surface area (Å²) in [6.07, 6.45) is -2.06. The van der Waals surface area contributed by atoms with Crippen molar-refractivity contribution in [1.29, 1.82) is 0 Å². The van der Waals surface area contributed by atoms with E-state index in [4.69, 9.17) is 33.7 Å². The largest absolute Gasteiger partial charge is 0.394 e. The molecule has 2 aromatic heterocycles. The van der Waals surface area contributed by atoms with Crippen LogP contribution in [0.2, 0.25) is 10.0 Å². The number of thiazole rings is 1.